The van der Waals surface area contributed by atoms with Crippen molar-refractivity contribution in [2.75, 3.05) is 13.3 Å². The minimum Gasteiger partial charge on any atom is -0.454 e. The molecule has 0 aromatic heterocycles. The van der Waals surface area contributed by atoms with Gasteiger partial charge in [-0.3, -0.25) is 0 Å². The van der Waals surface area contributed by atoms with Crippen LogP contribution in [0.3, 0.4) is 0 Å². The summed E-state index contributed by atoms with van der Waals surface area (Å²) in [5.74, 6) is 1.68. The zero-order valence-corrected chi connectivity index (χ0v) is 11.4. The maximum absolute atomic E-state index is 5.52. The minimum absolute atomic E-state index is 0.315. The monoisotopic (exact) mass is 275 g/mol. The Bertz CT molecular complexity index is 1000. The molecule has 0 saturated carbocycles. The molecule has 2 aromatic carbocycles. The van der Waals surface area contributed by atoms with Gasteiger partial charge in [0.25, 0.3) is 0 Å². The lowest BCUT2D eigenvalue weighted by Crippen LogP contribution is -2.42. The van der Waals surface area contributed by atoms with Crippen LogP contribution in [0.1, 0.15) is 0 Å². The SMILES string of the molecule is C1=c2ccccc2=CN2CC=c3cc4c(cc3=C12)OCO4. The van der Waals surface area contributed by atoms with E-state index in [1.165, 1.54) is 26.6 Å². The predicted molar refractivity (Wildman–Crippen MR) is 81.0 cm³/mol. The fourth-order valence-electron chi connectivity index (χ4n) is 3.16. The molecule has 3 nitrogen and oxygen atoms in total. The van der Waals surface area contributed by atoms with Gasteiger partial charge in [-0.15, -0.1) is 0 Å². The second kappa shape index (κ2) is 3.92. The molecule has 5 rings (SSSR count). The van der Waals surface area contributed by atoms with Gasteiger partial charge in [-0.1, -0.05) is 30.3 Å². The molecule has 3 heterocycles. The summed E-state index contributed by atoms with van der Waals surface area (Å²) >= 11 is 0. The first kappa shape index (κ1) is 11.0. The van der Waals surface area contributed by atoms with Crippen LogP contribution in [0.4, 0.5) is 0 Å². The Balaban J connectivity index is 1.89. The summed E-state index contributed by atoms with van der Waals surface area (Å²) in [6.07, 6.45) is 6.71. The van der Waals surface area contributed by atoms with E-state index in [1.807, 2.05) is 0 Å². The maximum atomic E-state index is 5.52. The number of ether oxygens (including phenoxy) is 2. The number of benzene rings is 2. The molecule has 0 amide bonds. The van der Waals surface area contributed by atoms with Gasteiger partial charge in [-0.25, -0.2) is 0 Å². The van der Waals surface area contributed by atoms with Crippen LogP contribution in [0, 0.1) is 0 Å². The highest BCUT2D eigenvalue weighted by molar-refractivity contribution is 5.81. The molecule has 0 atom stereocenters. The van der Waals surface area contributed by atoms with Crippen molar-refractivity contribution in [2.45, 2.75) is 0 Å². The molecule has 2 aromatic rings. The molecule has 0 radical (unpaired) electrons. The van der Waals surface area contributed by atoms with Gasteiger partial charge in [0.05, 0.1) is 0 Å². The van der Waals surface area contributed by atoms with Gasteiger partial charge in [0.15, 0.2) is 11.5 Å². The molecule has 0 unspecified atom stereocenters. The van der Waals surface area contributed by atoms with Gasteiger partial charge >= 0.3 is 0 Å². The average Bonchev–Trinajstić information content (AvgIpc) is 2.98. The van der Waals surface area contributed by atoms with Gasteiger partial charge in [0, 0.05) is 23.7 Å². The minimum atomic E-state index is 0.315. The number of rotatable bonds is 0. The van der Waals surface area contributed by atoms with Crippen LogP contribution in [0.25, 0.3) is 24.0 Å². The summed E-state index contributed by atoms with van der Waals surface area (Å²) in [7, 11) is 0. The second-order valence-corrected chi connectivity index (χ2v) is 5.44. The topological polar surface area (TPSA) is 21.7 Å². The third kappa shape index (κ3) is 1.54. The fourth-order valence-corrected chi connectivity index (χ4v) is 3.16. The quantitative estimate of drug-likeness (QED) is 0.667. The first-order chi connectivity index (χ1) is 10.4. The molecule has 21 heavy (non-hydrogen) atoms. The highest BCUT2D eigenvalue weighted by Gasteiger charge is 2.18. The van der Waals surface area contributed by atoms with Gasteiger partial charge in [-0.2, -0.15) is 0 Å². The summed E-state index contributed by atoms with van der Waals surface area (Å²) in [5, 5.41) is 4.94. The van der Waals surface area contributed by atoms with Crippen molar-refractivity contribution in [3.8, 4) is 11.5 Å². The van der Waals surface area contributed by atoms with E-state index in [9.17, 15) is 0 Å². The molecule has 0 aliphatic carbocycles. The third-order valence-corrected chi connectivity index (χ3v) is 4.22. The summed E-state index contributed by atoms with van der Waals surface area (Å²) in [6, 6.07) is 12.6. The fraction of sp³-hybridized carbons (Fsp3) is 0.111. The number of hydrogen-bond acceptors (Lipinski definition) is 3. The number of nitrogens with zero attached hydrogens (tertiary/aromatic N) is 1. The molecule has 0 bridgehead atoms. The Kier molecular flexibility index (Phi) is 2.06. The van der Waals surface area contributed by atoms with Crippen LogP contribution in [0.15, 0.2) is 36.4 Å². The van der Waals surface area contributed by atoms with E-state index in [4.69, 9.17) is 9.47 Å². The molecule has 3 aliphatic rings. The van der Waals surface area contributed by atoms with E-state index in [0.717, 1.165) is 18.0 Å². The normalized spacial score (nSPS) is 17.0. The van der Waals surface area contributed by atoms with Crippen LogP contribution in [0.2, 0.25) is 0 Å². The van der Waals surface area contributed by atoms with E-state index >= 15 is 0 Å². The lowest BCUT2D eigenvalue weighted by molar-refractivity contribution is 0.174. The number of fused-ring (bicyclic) bond motifs is 4. The van der Waals surface area contributed by atoms with Gasteiger partial charge < -0.3 is 14.4 Å². The van der Waals surface area contributed by atoms with E-state index < -0.39 is 0 Å². The van der Waals surface area contributed by atoms with Crippen molar-refractivity contribution in [1.82, 2.24) is 4.90 Å². The summed E-state index contributed by atoms with van der Waals surface area (Å²) in [5.41, 5.74) is 1.23. The van der Waals surface area contributed by atoms with Crippen molar-refractivity contribution in [2.24, 2.45) is 0 Å². The van der Waals surface area contributed by atoms with Crippen LogP contribution >= 0.6 is 0 Å². The highest BCUT2D eigenvalue weighted by atomic mass is 16.7. The van der Waals surface area contributed by atoms with Crippen LogP contribution in [-0.4, -0.2) is 18.2 Å². The Morgan fingerprint density at radius 2 is 1.71 bits per heavy atom. The molecular formula is C18H13NO2. The Hall–Kier alpha value is -2.68. The van der Waals surface area contributed by atoms with Gasteiger partial charge in [-0.05, 0) is 33.9 Å². The standard InChI is InChI=1S/C18H13NO2/c1-2-4-14-10-19-6-5-13-8-17-18(21-11-20-17)9-15(13)16(19)7-12(14)3-1/h1-5,7-10H,6,11H2. The lowest BCUT2D eigenvalue weighted by Gasteiger charge is -2.26. The maximum Gasteiger partial charge on any atom is 0.231 e. The summed E-state index contributed by atoms with van der Waals surface area (Å²) < 4.78 is 11.0. The largest absolute Gasteiger partial charge is 0.454 e. The van der Waals surface area contributed by atoms with Crippen molar-refractivity contribution >= 4 is 24.0 Å². The first-order valence-corrected chi connectivity index (χ1v) is 7.08. The Morgan fingerprint density at radius 3 is 2.62 bits per heavy atom. The first-order valence-electron chi connectivity index (χ1n) is 7.08. The molecule has 102 valence electrons. The molecule has 3 heteroatoms. The van der Waals surface area contributed by atoms with E-state index in [-0.39, 0.29) is 0 Å². The van der Waals surface area contributed by atoms with Crippen molar-refractivity contribution in [3.63, 3.8) is 0 Å². The zero-order valence-electron chi connectivity index (χ0n) is 11.4. The average molecular weight is 275 g/mol. The van der Waals surface area contributed by atoms with Crippen LogP contribution in [0.5, 0.6) is 11.5 Å². The lowest BCUT2D eigenvalue weighted by atomic mass is 10.0. The molecule has 0 fully saturated rings. The molecule has 3 aliphatic heterocycles. The van der Waals surface area contributed by atoms with Crippen molar-refractivity contribution < 1.29 is 9.47 Å². The van der Waals surface area contributed by atoms with Gasteiger partial charge in [0.1, 0.15) is 0 Å². The molecule has 0 N–H and O–H groups in total. The van der Waals surface area contributed by atoms with E-state index in [0.29, 0.717) is 6.79 Å². The summed E-state index contributed by atoms with van der Waals surface area (Å²) in [6.45, 7) is 1.20. The molecule has 0 spiro atoms. The van der Waals surface area contributed by atoms with E-state index in [1.54, 1.807) is 0 Å². The van der Waals surface area contributed by atoms with Crippen LogP contribution in [-0.2, 0) is 0 Å². The smallest absolute Gasteiger partial charge is 0.231 e. The molecule has 0 saturated heterocycles. The van der Waals surface area contributed by atoms with Crippen LogP contribution < -0.4 is 30.3 Å². The van der Waals surface area contributed by atoms with Crippen molar-refractivity contribution in [3.05, 3.63) is 57.3 Å². The summed E-state index contributed by atoms with van der Waals surface area (Å²) in [4.78, 5) is 2.28. The van der Waals surface area contributed by atoms with Gasteiger partial charge in [0.2, 0.25) is 6.79 Å². The zero-order chi connectivity index (χ0) is 13.8. The third-order valence-electron chi connectivity index (χ3n) is 4.22. The van der Waals surface area contributed by atoms with Crippen molar-refractivity contribution in [1.29, 1.82) is 0 Å². The van der Waals surface area contributed by atoms with E-state index in [2.05, 4.69) is 59.7 Å². The number of hydrogen-bond donors (Lipinski definition) is 0. The Morgan fingerprint density at radius 1 is 0.905 bits per heavy atom. The Labute approximate surface area is 121 Å². The molecular weight excluding hydrogens is 262 g/mol. The predicted octanol–water partition coefficient (Wildman–Crippen LogP) is -0.148. The highest BCUT2D eigenvalue weighted by Crippen LogP contribution is 2.28. The second-order valence-electron chi connectivity index (χ2n) is 5.44.